The van der Waals surface area contributed by atoms with Crippen LogP contribution in [0.4, 0.5) is 11.5 Å². The lowest BCUT2D eigenvalue weighted by atomic mass is 10.1. The molecule has 0 bridgehead atoms. The van der Waals surface area contributed by atoms with E-state index in [2.05, 4.69) is 30.7 Å². The van der Waals surface area contributed by atoms with Crippen LogP contribution in [-0.4, -0.2) is 37.0 Å². The molecule has 1 aromatic carbocycles. The van der Waals surface area contributed by atoms with Crippen LogP contribution in [0.5, 0.6) is 0 Å². The molecule has 0 aliphatic heterocycles. The molecule has 29 heavy (non-hydrogen) atoms. The van der Waals surface area contributed by atoms with Crippen molar-refractivity contribution in [1.82, 2.24) is 24.6 Å². The van der Waals surface area contributed by atoms with Crippen molar-refractivity contribution in [2.75, 3.05) is 17.2 Å². The average molecular weight is 387 g/mol. The monoisotopic (exact) mass is 387 g/mol. The van der Waals surface area contributed by atoms with E-state index in [4.69, 9.17) is 0 Å². The summed E-state index contributed by atoms with van der Waals surface area (Å²) in [5, 5.41) is 10.6. The molecule has 0 saturated carbocycles. The molecule has 8 nitrogen and oxygen atoms in total. The molecule has 0 fully saturated rings. The molecule has 0 aliphatic carbocycles. The maximum Gasteiger partial charge on any atom is 0.254 e. The molecule has 3 heterocycles. The molecule has 4 aromatic rings. The highest BCUT2D eigenvalue weighted by atomic mass is 16.1. The Morgan fingerprint density at radius 1 is 1.10 bits per heavy atom. The van der Waals surface area contributed by atoms with Gasteiger partial charge in [0.25, 0.3) is 5.78 Å². The van der Waals surface area contributed by atoms with Gasteiger partial charge >= 0.3 is 0 Å². The zero-order valence-corrected chi connectivity index (χ0v) is 16.5. The molecule has 0 radical (unpaired) electrons. The molecule has 0 saturated heterocycles. The van der Waals surface area contributed by atoms with Gasteiger partial charge in [-0.15, -0.1) is 5.10 Å². The number of nitrogens with zero attached hydrogens (tertiary/aromatic N) is 5. The maximum absolute atomic E-state index is 12.5. The normalized spacial score (nSPS) is 10.9. The molecular weight excluding hydrogens is 366 g/mol. The molecule has 3 aromatic heterocycles. The lowest BCUT2D eigenvalue weighted by Crippen LogP contribution is -2.23. The van der Waals surface area contributed by atoms with Gasteiger partial charge < -0.3 is 10.6 Å². The Bertz CT molecular complexity index is 1180. The number of hydrogen-bond donors (Lipinski definition) is 2. The Kier molecular flexibility index (Phi) is 4.90. The van der Waals surface area contributed by atoms with Crippen molar-refractivity contribution >= 4 is 23.2 Å². The van der Waals surface area contributed by atoms with Gasteiger partial charge in [-0.05, 0) is 50.1 Å². The van der Waals surface area contributed by atoms with Crippen LogP contribution in [-0.2, 0) is 4.79 Å². The highest BCUT2D eigenvalue weighted by Crippen LogP contribution is 2.19. The SMILES string of the molecule is Cc1cc(NCC(=O)Nc2cccc(C)c2C)n2nc(-c3cccnc3)nc2n1. The Morgan fingerprint density at radius 3 is 2.76 bits per heavy atom. The van der Waals surface area contributed by atoms with Crippen LogP contribution in [0.15, 0.2) is 48.8 Å². The minimum absolute atomic E-state index is 0.0913. The number of anilines is 2. The van der Waals surface area contributed by atoms with Crippen molar-refractivity contribution < 1.29 is 4.79 Å². The van der Waals surface area contributed by atoms with Crippen LogP contribution < -0.4 is 10.6 Å². The first-order valence-electron chi connectivity index (χ1n) is 9.26. The molecular formula is C21H21N7O. The van der Waals surface area contributed by atoms with Gasteiger partial charge in [0.15, 0.2) is 5.82 Å². The number of carbonyl (C=O) groups excluding carboxylic acids is 1. The summed E-state index contributed by atoms with van der Waals surface area (Å²) in [7, 11) is 0. The molecule has 1 amide bonds. The van der Waals surface area contributed by atoms with Crippen molar-refractivity contribution in [3.63, 3.8) is 0 Å². The molecule has 146 valence electrons. The van der Waals surface area contributed by atoms with Gasteiger partial charge in [0.05, 0.1) is 6.54 Å². The van der Waals surface area contributed by atoms with E-state index in [1.165, 1.54) is 0 Å². The van der Waals surface area contributed by atoms with E-state index >= 15 is 0 Å². The first-order valence-corrected chi connectivity index (χ1v) is 9.26. The lowest BCUT2D eigenvalue weighted by molar-refractivity contribution is -0.114. The van der Waals surface area contributed by atoms with Gasteiger partial charge in [-0.3, -0.25) is 9.78 Å². The standard InChI is InChI=1S/C21H21N7O/c1-13-6-4-8-17(15(13)3)25-19(29)12-23-18-10-14(2)24-21-26-20(27-28(18)21)16-7-5-9-22-11-16/h4-11,23H,12H2,1-3H3,(H,25,29). The highest BCUT2D eigenvalue weighted by Gasteiger charge is 2.13. The summed E-state index contributed by atoms with van der Waals surface area (Å²) in [6.07, 6.45) is 3.40. The summed E-state index contributed by atoms with van der Waals surface area (Å²) >= 11 is 0. The van der Waals surface area contributed by atoms with Gasteiger partial charge in [0.1, 0.15) is 5.82 Å². The average Bonchev–Trinajstić information content (AvgIpc) is 3.14. The number of amides is 1. The summed E-state index contributed by atoms with van der Waals surface area (Å²) in [5.74, 6) is 1.49. The summed E-state index contributed by atoms with van der Waals surface area (Å²) in [6, 6.07) is 11.4. The van der Waals surface area contributed by atoms with Crippen LogP contribution in [0.25, 0.3) is 17.2 Å². The summed E-state index contributed by atoms with van der Waals surface area (Å²) in [6.45, 7) is 5.97. The molecule has 0 spiro atoms. The van der Waals surface area contributed by atoms with Gasteiger partial charge in [-0.2, -0.15) is 9.50 Å². The zero-order valence-electron chi connectivity index (χ0n) is 16.5. The summed E-state index contributed by atoms with van der Waals surface area (Å²) in [4.78, 5) is 25.5. The van der Waals surface area contributed by atoms with Gasteiger partial charge in [0, 0.05) is 35.4 Å². The lowest BCUT2D eigenvalue weighted by Gasteiger charge is -2.12. The molecule has 2 N–H and O–H groups in total. The maximum atomic E-state index is 12.5. The summed E-state index contributed by atoms with van der Waals surface area (Å²) < 4.78 is 1.60. The number of carbonyl (C=O) groups is 1. The second-order valence-corrected chi connectivity index (χ2v) is 6.82. The largest absolute Gasteiger partial charge is 0.361 e. The fourth-order valence-corrected chi connectivity index (χ4v) is 2.98. The third-order valence-corrected chi connectivity index (χ3v) is 4.67. The second-order valence-electron chi connectivity index (χ2n) is 6.82. The molecule has 4 rings (SSSR count). The van der Waals surface area contributed by atoms with Crippen molar-refractivity contribution in [3.8, 4) is 11.4 Å². The Morgan fingerprint density at radius 2 is 1.97 bits per heavy atom. The zero-order chi connectivity index (χ0) is 20.4. The van der Waals surface area contributed by atoms with E-state index in [1.54, 1.807) is 16.9 Å². The number of aromatic nitrogens is 5. The second kappa shape index (κ2) is 7.67. The van der Waals surface area contributed by atoms with Gasteiger partial charge in [-0.25, -0.2) is 4.98 Å². The van der Waals surface area contributed by atoms with Crippen molar-refractivity contribution in [2.24, 2.45) is 0 Å². The summed E-state index contributed by atoms with van der Waals surface area (Å²) in [5.41, 5.74) is 4.58. The Hall–Kier alpha value is -3.81. The van der Waals surface area contributed by atoms with Crippen LogP contribution >= 0.6 is 0 Å². The van der Waals surface area contributed by atoms with E-state index in [0.717, 1.165) is 28.1 Å². The molecule has 0 unspecified atom stereocenters. The minimum Gasteiger partial charge on any atom is -0.361 e. The number of aryl methyl sites for hydroxylation is 2. The van der Waals surface area contributed by atoms with Gasteiger partial charge in [0.2, 0.25) is 5.91 Å². The number of pyridine rings is 1. The Balaban J connectivity index is 1.55. The van der Waals surface area contributed by atoms with Crippen molar-refractivity contribution in [2.45, 2.75) is 20.8 Å². The first-order chi connectivity index (χ1) is 14.0. The first kappa shape index (κ1) is 18.5. The minimum atomic E-state index is -0.145. The van der Waals surface area contributed by atoms with E-state index in [0.29, 0.717) is 17.4 Å². The quantitative estimate of drug-likeness (QED) is 0.546. The van der Waals surface area contributed by atoms with Crippen LogP contribution in [0.1, 0.15) is 16.8 Å². The number of benzene rings is 1. The van der Waals surface area contributed by atoms with E-state index in [1.807, 2.05) is 57.2 Å². The van der Waals surface area contributed by atoms with E-state index in [-0.39, 0.29) is 12.5 Å². The molecule has 0 aliphatic rings. The fraction of sp³-hybridized carbons (Fsp3) is 0.190. The third-order valence-electron chi connectivity index (χ3n) is 4.67. The van der Waals surface area contributed by atoms with Crippen LogP contribution in [0.2, 0.25) is 0 Å². The van der Waals surface area contributed by atoms with Crippen molar-refractivity contribution in [1.29, 1.82) is 0 Å². The highest BCUT2D eigenvalue weighted by molar-refractivity contribution is 5.94. The van der Waals surface area contributed by atoms with Crippen molar-refractivity contribution in [3.05, 3.63) is 65.6 Å². The number of hydrogen-bond acceptors (Lipinski definition) is 6. The number of rotatable bonds is 5. The number of nitrogens with one attached hydrogen (secondary N) is 2. The van der Waals surface area contributed by atoms with E-state index < -0.39 is 0 Å². The van der Waals surface area contributed by atoms with E-state index in [9.17, 15) is 4.79 Å². The fourth-order valence-electron chi connectivity index (χ4n) is 2.98. The molecule has 0 atom stereocenters. The smallest absolute Gasteiger partial charge is 0.254 e. The molecule has 8 heteroatoms. The predicted molar refractivity (Wildman–Crippen MR) is 112 cm³/mol. The predicted octanol–water partition coefficient (Wildman–Crippen LogP) is 3.16. The number of fused-ring (bicyclic) bond motifs is 1. The Labute approximate surface area is 168 Å². The topological polar surface area (TPSA) is 97.1 Å². The third kappa shape index (κ3) is 3.91. The van der Waals surface area contributed by atoms with Crippen LogP contribution in [0.3, 0.4) is 0 Å². The van der Waals surface area contributed by atoms with Crippen LogP contribution in [0, 0.1) is 20.8 Å². The van der Waals surface area contributed by atoms with Gasteiger partial charge in [-0.1, -0.05) is 12.1 Å².